The molecule has 0 saturated heterocycles. The fraction of sp³-hybridized carbons (Fsp3) is 0.158. The van der Waals surface area contributed by atoms with Crippen molar-refractivity contribution < 1.29 is 14.5 Å². The molecule has 0 aliphatic carbocycles. The van der Waals surface area contributed by atoms with Crippen LogP contribution in [0.15, 0.2) is 48.2 Å². The summed E-state index contributed by atoms with van der Waals surface area (Å²) in [4.78, 5) is 34.4. The molecule has 0 aliphatic rings. The molecule has 2 N–H and O–H groups in total. The minimum absolute atomic E-state index is 0.00101. The molecule has 0 bridgehead atoms. The quantitative estimate of drug-likeness (QED) is 0.489. The number of non-ortho nitro benzene ring substituents is 1. The van der Waals surface area contributed by atoms with Gasteiger partial charge in [-0.1, -0.05) is 24.3 Å². The molecule has 0 spiro atoms. The largest absolute Gasteiger partial charge is 0.322 e. The molecule has 2 amide bonds. The van der Waals surface area contributed by atoms with Crippen LogP contribution in [0.2, 0.25) is 0 Å². The highest BCUT2D eigenvalue weighted by Crippen LogP contribution is 2.19. The van der Waals surface area contributed by atoms with Crippen LogP contribution in [0.5, 0.6) is 0 Å². The first kappa shape index (κ1) is 18.9. The SMILES string of the molecule is CC(=O)NC(=Cc1cccc([N+](=O)[O-])c1)C(=O)Nc1cccc(C)c1C. The molecule has 134 valence electrons. The molecule has 0 radical (unpaired) electrons. The lowest BCUT2D eigenvalue weighted by Gasteiger charge is -2.13. The van der Waals surface area contributed by atoms with Crippen molar-refractivity contribution in [2.45, 2.75) is 20.8 Å². The molecule has 2 aromatic rings. The number of nitrogens with zero attached hydrogens (tertiary/aromatic N) is 1. The lowest BCUT2D eigenvalue weighted by atomic mass is 10.1. The second-order valence-electron chi connectivity index (χ2n) is 5.79. The maximum Gasteiger partial charge on any atom is 0.272 e. The van der Waals surface area contributed by atoms with Crippen LogP contribution in [-0.2, 0) is 9.59 Å². The van der Waals surface area contributed by atoms with Gasteiger partial charge in [-0.15, -0.1) is 0 Å². The van der Waals surface area contributed by atoms with E-state index >= 15 is 0 Å². The van der Waals surface area contributed by atoms with Crippen molar-refractivity contribution >= 4 is 29.3 Å². The third-order valence-electron chi connectivity index (χ3n) is 3.80. The molecule has 2 rings (SSSR count). The van der Waals surface area contributed by atoms with E-state index in [4.69, 9.17) is 0 Å². The standard InChI is InChI=1S/C19H19N3O4/c1-12-6-4-9-17(13(12)2)21-19(24)18(20-14(3)23)11-15-7-5-8-16(10-15)22(25)26/h4-11H,1-3H3,(H,20,23)(H,21,24). The average Bonchev–Trinajstić information content (AvgIpc) is 2.58. The molecular weight excluding hydrogens is 334 g/mol. The van der Waals surface area contributed by atoms with Gasteiger partial charge in [-0.25, -0.2) is 0 Å². The number of nitro groups is 1. The zero-order chi connectivity index (χ0) is 19.3. The predicted octanol–water partition coefficient (Wildman–Crippen LogP) is 3.33. The van der Waals surface area contributed by atoms with Gasteiger partial charge in [0, 0.05) is 24.7 Å². The van der Waals surface area contributed by atoms with E-state index < -0.39 is 16.7 Å². The molecule has 2 aromatic carbocycles. The lowest BCUT2D eigenvalue weighted by Crippen LogP contribution is -2.29. The van der Waals surface area contributed by atoms with Crippen LogP contribution in [0.4, 0.5) is 11.4 Å². The first-order chi connectivity index (χ1) is 12.3. The van der Waals surface area contributed by atoms with Crippen LogP contribution in [0, 0.1) is 24.0 Å². The van der Waals surface area contributed by atoms with Crippen LogP contribution in [0.25, 0.3) is 6.08 Å². The van der Waals surface area contributed by atoms with Gasteiger partial charge in [0.1, 0.15) is 5.70 Å². The van der Waals surface area contributed by atoms with E-state index in [1.165, 1.54) is 31.2 Å². The van der Waals surface area contributed by atoms with E-state index in [0.717, 1.165) is 11.1 Å². The first-order valence-corrected chi connectivity index (χ1v) is 7.89. The monoisotopic (exact) mass is 353 g/mol. The Morgan fingerprint density at radius 1 is 1.12 bits per heavy atom. The van der Waals surface area contributed by atoms with Gasteiger partial charge in [-0.2, -0.15) is 0 Å². The van der Waals surface area contributed by atoms with E-state index in [-0.39, 0.29) is 11.4 Å². The number of aryl methyl sites for hydroxylation is 1. The minimum atomic E-state index is -0.522. The van der Waals surface area contributed by atoms with Gasteiger partial charge in [0.05, 0.1) is 4.92 Å². The maximum atomic E-state index is 12.6. The van der Waals surface area contributed by atoms with Gasteiger partial charge in [-0.3, -0.25) is 19.7 Å². The van der Waals surface area contributed by atoms with Crippen molar-refractivity contribution in [1.82, 2.24) is 5.32 Å². The van der Waals surface area contributed by atoms with Gasteiger partial charge in [-0.05, 0) is 42.7 Å². The maximum absolute atomic E-state index is 12.6. The predicted molar refractivity (Wildman–Crippen MR) is 99.4 cm³/mol. The van der Waals surface area contributed by atoms with Crippen molar-refractivity contribution in [3.63, 3.8) is 0 Å². The molecule has 0 saturated carbocycles. The van der Waals surface area contributed by atoms with Crippen LogP contribution >= 0.6 is 0 Å². The zero-order valence-electron chi connectivity index (χ0n) is 14.7. The van der Waals surface area contributed by atoms with Crippen LogP contribution in [0.1, 0.15) is 23.6 Å². The Hall–Kier alpha value is -3.48. The Labute approximate surface area is 150 Å². The summed E-state index contributed by atoms with van der Waals surface area (Å²) in [5.41, 5.74) is 2.89. The minimum Gasteiger partial charge on any atom is -0.322 e. The lowest BCUT2D eigenvalue weighted by molar-refractivity contribution is -0.384. The summed E-state index contributed by atoms with van der Waals surface area (Å²) >= 11 is 0. The van der Waals surface area contributed by atoms with E-state index in [0.29, 0.717) is 11.3 Å². The Morgan fingerprint density at radius 3 is 2.46 bits per heavy atom. The third-order valence-corrected chi connectivity index (χ3v) is 3.80. The third kappa shape index (κ3) is 4.76. The Bertz CT molecular complexity index is 903. The summed E-state index contributed by atoms with van der Waals surface area (Å²) in [5, 5.41) is 16.1. The van der Waals surface area contributed by atoms with Crippen molar-refractivity contribution in [1.29, 1.82) is 0 Å². The van der Waals surface area contributed by atoms with Crippen molar-refractivity contribution in [3.8, 4) is 0 Å². The molecule has 0 atom stereocenters. The number of amides is 2. The van der Waals surface area contributed by atoms with Gasteiger partial charge >= 0.3 is 0 Å². The normalized spacial score (nSPS) is 11.0. The van der Waals surface area contributed by atoms with Gasteiger partial charge in [0.2, 0.25) is 5.91 Å². The van der Waals surface area contributed by atoms with E-state index in [9.17, 15) is 19.7 Å². The van der Waals surface area contributed by atoms with Crippen LogP contribution in [-0.4, -0.2) is 16.7 Å². The number of rotatable bonds is 5. The first-order valence-electron chi connectivity index (χ1n) is 7.89. The molecule has 0 fully saturated rings. The number of nitrogens with one attached hydrogen (secondary N) is 2. The van der Waals surface area contributed by atoms with Crippen molar-refractivity contribution in [3.05, 3.63) is 75.0 Å². The molecule has 7 nitrogen and oxygen atoms in total. The zero-order valence-corrected chi connectivity index (χ0v) is 14.7. The summed E-state index contributed by atoms with van der Waals surface area (Å²) in [5.74, 6) is -0.932. The Balaban J connectivity index is 2.35. The Morgan fingerprint density at radius 2 is 1.81 bits per heavy atom. The molecule has 0 aromatic heterocycles. The van der Waals surface area contributed by atoms with Gasteiger partial charge < -0.3 is 10.6 Å². The molecule has 0 unspecified atom stereocenters. The highest BCUT2D eigenvalue weighted by molar-refractivity contribution is 6.08. The highest BCUT2D eigenvalue weighted by Gasteiger charge is 2.14. The van der Waals surface area contributed by atoms with Gasteiger partial charge in [0.15, 0.2) is 0 Å². The fourth-order valence-corrected chi connectivity index (χ4v) is 2.32. The fourth-order valence-electron chi connectivity index (χ4n) is 2.32. The number of anilines is 1. The number of carbonyl (C=O) groups excluding carboxylic acids is 2. The Kier molecular flexibility index (Phi) is 5.85. The van der Waals surface area contributed by atoms with E-state index in [1.54, 1.807) is 12.1 Å². The molecule has 7 heteroatoms. The smallest absolute Gasteiger partial charge is 0.272 e. The number of benzene rings is 2. The second-order valence-corrected chi connectivity index (χ2v) is 5.79. The topological polar surface area (TPSA) is 101 Å². The molecule has 26 heavy (non-hydrogen) atoms. The summed E-state index contributed by atoms with van der Waals surface area (Å²) in [7, 11) is 0. The number of nitro benzene ring substituents is 1. The van der Waals surface area contributed by atoms with Gasteiger partial charge in [0.25, 0.3) is 11.6 Å². The second kappa shape index (κ2) is 8.06. The highest BCUT2D eigenvalue weighted by atomic mass is 16.6. The van der Waals surface area contributed by atoms with Crippen LogP contribution in [0.3, 0.4) is 0 Å². The van der Waals surface area contributed by atoms with Crippen molar-refractivity contribution in [2.24, 2.45) is 0 Å². The number of hydrogen-bond donors (Lipinski definition) is 2. The number of carbonyl (C=O) groups is 2. The average molecular weight is 353 g/mol. The summed E-state index contributed by atoms with van der Waals surface area (Å²) in [6.07, 6.45) is 1.40. The van der Waals surface area contributed by atoms with E-state index in [2.05, 4.69) is 10.6 Å². The summed E-state index contributed by atoms with van der Waals surface area (Å²) in [6.45, 7) is 5.10. The van der Waals surface area contributed by atoms with Crippen molar-refractivity contribution in [2.75, 3.05) is 5.32 Å². The van der Waals surface area contributed by atoms with Crippen LogP contribution < -0.4 is 10.6 Å². The molecular formula is C19H19N3O4. The summed E-state index contributed by atoms with van der Waals surface area (Å²) < 4.78 is 0. The molecule has 0 aliphatic heterocycles. The molecule has 0 heterocycles. The van der Waals surface area contributed by atoms with E-state index in [1.807, 2.05) is 26.0 Å². The number of hydrogen-bond acceptors (Lipinski definition) is 4. The summed E-state index contributed by atoms with van der Waals surface area (Å²) in [6, 6.07) is 11.3.